The molecule has 2 rings (SSSR count). The number of hydrogen-bond acceptors (Lipinski definition) is 2. The highest BCUT2D eigenvalue weighted by molar-refractivity contribution is 5.79. The zero-order chi connectivity index (χ0) is 14.8. The second kappa shape index (κ2) is 5.83. The van der Waals surface area contributed by atoms with Gasteiger partial charge in [-0.3, -0.25) is 4.79 Å². The largest absolute Gasteiger partial charge is 0.416 e. The first-order chi connectivity index (χ1) is 9.39. The summed E-state index contributed by atoms with van der Waals surface area (Å²) in [6.07, 6.45) is -3.81. The number of nitrogens with one attached hydrogen (secondary N) is 1. The number of alkyl halides is 3. The van der Waals surface area contributed by atoms with Crippen LogP contribution in [-0.2, 0) is 17.4 Å². The van der Waals surface area contributed by atoms with Gasteiger partial charge in [-0.05, 0) is 24.6 Å². The van der Waals surface area contributed by atoms with Gasteiger partial charge in [0, 0.05) is 19.6 Å². The summed E-state index contributed by atoms with van der Waals surface area (Å²) < 4.78 is 38.6. The van der Waals surface area contributed by atoms with E-state index in [4.69, 9.17) is 0 Å². The lowest BCUT2D eigenvalue weighted by atomic mass is 10.0. The Morgan fingerprint density at radius 3 is 2.70 bits per heavy atom. The molecule has 0 saturated carbocycles. The predicted octanol–water partition coefficient (Wildman–Crippen LogP) is 2.07. The van der Waals surface area contributed by atoms with Gasteiger partial charge in [0.2, 0.25) is 5.91 Å². The molecule has 6 heteroatoms. The molecule has 1 aliphatic rings. The Balaban J connectivity index is 2.11. The molecule has 1 aromatic carbocycles. The van der Waals surface area contributed by atoms with Crippen LogP contribution in [-0.4, -0.2) is 37.0 Å². The molecule has 0 spiro atoms. The number of hydrogen-bond donors (Lipinski definition) is 1. The monoisotopic (exact) mass is 286 g/mol. The number of nitrogens with zero attached hydrogens (tertiary/aromatic N) is 1. The Kier molecular flexibility index (Phi) is 4.32. The van der Waals surface area contributed by atoms with Crippen LogP contribution in [0.2, 0.25) is 0 Å². The molecule has 0 unspecified atom stereocenters. The minimum absolute atomic E-state index is 0.0304. The Morgan fingerprint density at radius 1 is 1.40 bits per heavy atom. The summed E-state index contributed by atoms with van der Waals surface area (Å²) in [6.45, 7) is 1.53. The van der Waals surface area contributed by atoms with E-state index in [1.165, 1.54) is 18.2 Å². The van der Waals surface area contributed by atoms with Crippen LogP contribution < -0.4 is 5.32 Å². The second-order valence-corrected chi connectivity index (χ2v) is 4.98. The van der Waals surface area contributed by atoms with Crippen molar-refractivity contribution < 1.29 is 18.0 Å². The maximum absolute atomic E-state index is 12.9. The second-order valence-electron chi connectivity index (χ2n) is 4.98. The fourth-order valence-electron chi connectivity index (χ4n) is 2.41. The van der Waals surface area contributed by atoms with Crippen LogP contribution in [0.1, 0.15) is 17.5 Å². The van der Waals surface area contributed by atoms with Crippen LogP contribution in [0.3, 0.4) is 0 Å². The van der Waals surface area contributed by atoms with Crippen LogP contribution >= 0.6 is 0 Å². The average molecular weight is 286 g/mol. The van der Waals surface area contributed by atoms with Crippen molar-refractivity contribution in [1.82, 2.24) is 10.2 Å². The SMILES string of the molecule is CN(C(=O)Cc1ccccc1C(F)(F)F)[C@@H]1CCNC1. The fraction of sp³-hybridized carbons (Fsp3) is 0.500. The first kappa shape index (κ1) is 14.8. The molecule has 1 amide bonds. The van der Waals surface area contributed by atoms with Gasteiger partial charge >= 0.3 is 6.18 Å². The van der Waals surface area contributed by atoms with Crippen LogP contribution in [0.25, 0.3) is 0 Å². The number of carbonyl (C=O) groups excluding carboxylic acids is 1. The van der Waals surface area contributed by atoms with Crippen LogP contribution in [0.15, 0.2) is 24.3 Å². The quantitative estimate of drug-likeness (QED) is 0.922. The van der Waals surface area contributed by atoms with Crippen LogP contribution in [0, 0.1) is 0 Å². The Labute approximate surface area is 115 Å². The van der Waals surface area contributed by atoms with E-state index in [0.717, 1.165) is 19.0 Å². The first-order valence-corrected chi connectivity index (χ1v) is 6.51. The average Bonchev–Trinajstić information content (AvgIpc) is 2.91. The Morgan fingerprint density at radius 2 is 2.10 bits per heavy atom. The van der Waals surface area contributed by atoms with E-state index in [9.17, 15) is 18.0 Å². The third-order valence-electron chi connectivity index (χ3n) is 3.64. The molecule has 3 nitrogen and oxygen atoms in total. The minimum atomic E-state index is -4.43. The highest BCUT2D eigenvalue weighted by Gasteiger charge is 2.34. The van der Waals surface area contributed by atoms with Gasteiger partial charge in [0.15, 0.2) is 0 Å². The third-order valence-corrected chi connectivity index (χ3v) is 3.64. The predicted molar refractivity (Wildman–Crippen MR) is 69.2 cm³/mol. The summed E-state index contributed by atoms with van der Waals surface area (Å²) in [5.41, 5.74) is -0.700. The van der Waals surface area contributed by atoms with Gasteiger partial charge in [-0.2, -0.15) is 13.2 Å². The smallest absolute Gasteiger partial charge is 0.341 e. The van der Waals surface area contributed by atoms with Crippen molar-refractivity contribution in [3.05, 3.63) is 35.4 Å². The highest BCUT2D eigenvalue weighted by Crippen LogP contribution is 2.32. The van der Waals surface area contributed by atoms with Gasteiger partial charge in [-0.15, -0.1) is 0 Å². The molecule has 1 aliphatic heterocycles. The lowest BCUT2D eigenvalue weighted by Gasteiger charge is -2.24. The molecular formula is C14H17F3N2O. The number of amides is 1. The maximum Gasteiger partial charge on any atom is 0.416 e. The number of halogens is 3. The van der Waals surface area contributed by atoms with E-state index in [2.05, 4.69) is 5.32 Å². The van der Waals surface area contributed by atoms with Gasteiger partial charge in [0.1, 0.15) is 0 Å². The van der Waals surface area contributed by atoms with E-state index < -0.39 is 11.7 Å². The zero-order valence-electron chi connectivity index (χ0n) is 11.2. The molecule has 1 fully saturated rings. The molecular weight excluding hydrogens is 269 g/mol. The normalized spacial score (nSPS) is 19.1. The Hall–Kier alpha value is -1.56. The molecule has 0 aliphatic carbocycles. The van der Waals surface area contributed by atoms with Gasteiger partial charge in [0.25, 0.3) is 0 Å². The number of benzene rings is 1. The summed E-state index contributed by atoms with van der Waals surface area (Å²) >= 11 is 0. The van der Waals surface area contributed by atoms with Crippen molar-refractivity contribution in [2.24, 2.45) is 0 Å². The molecule has 110 valence electrons. The molecule has 1 aromatic rings. The van der Waals surface area contributed by atoms with Crippen LogP contribution in [0.4, 0.5) is 13.2 Å². The minimum Gasteiger partial charge on any atom is -0.341 e. The van der Waals surface area contributed by atoms with Crippen molar-refractivity contribution in [3.8, 4) is 0 Å². The van der Waals surface area contributed by atoms with Gasteiger partial charge in [-0.1, -0.05) is 18.2 Å². The van der Waals surface area contributed by atoms with Gasteiger partial charge in [0.05, 0.1) is 12.0 Å². The molecule has 1 N–H and O–H groups in total. The molecule has 1 atom stereocenters. The van der Waals surface area contributed by atoms with E-state index in [1.807, 2.05) is 0 Å². The Bertz CT molecular complexity index is 482. The topological polar surface area (TPSA) is 32.3 Å². The molecule has 1 heterocycles. The first-order valence-electron chi connectivity index (χ1n) is 6.51. The summed E-state index contributed by atoms with van der Waals surface area (Å²) in [5.74, 6) is -0.282. The molecule has 20 heavy (non-hydrogen) atoms. The van der Waals surface area contributed by atoms with Gasteiger partial charge < -0.3 is 10.2 Å². The molecule has 0 bridgehead atoms. The van der Waals surface area contributed by atoms with E-state index in [0.29, 0.717) is 6.54 Å². The van der Waals surface area contributed by atoms with Gasteiger partial charge in [-0.25, -0.2) is 0 Å². The fourth-order valence-corrected chi connectivity index (χ4v) is 2.41. The van der Waals surface area contributed by atoms with Crippen molar-refractivity contribution in [1.29, 1.82) is 0 Å². The number of rotatable bonds is 3. The molecule has 0 radical (unpaired) electrons. The summed E-state index contributed by atoms with van der Waals surface area (Å²) in [7, 11) is 1.65. The van der Waals surface area contributed by atoms with Crippen LogP contribution in [0.5, 0.6) is 0 Å². The zero-order valence-corrected chi connectivity index (χ0v) is 11.2. The maximum atomic E-state index is 12.9. The highest BCUT2D eigenvalue weighted by atomic mass is 19.4. The summed E-state index contributed by atoms with van der Waals surface area (Å²) in [6, 6.07) is 5.30. The van der Waals surface area contributed by atoms with Crippen molar-refractivity contribution in [3.63, 3.8) is 0 Å². The standard InChI is InChI=1S/C14H17F3N2O/c1-19(11-6-7-18-9-11)13(20)8-10-4-2-3-5-12(10)14(15,16)17/h2-5,11,18H,6-9H2,1H3/t11-/m1/s1. The number of likely N-dealkylation sites (N-methyl/N-ethyl adjacent to an activating group) is 1. The molecule has 0 aromatic heterocycles. The molecule has 1 saturated heterocycles. The van der Waals surface area contributed by atoms with E-state index in [1.54, 1.807) is 11.9 Å². The third kappa shape index (κ3) is 3.30. The van der Waals surface area contributed by atoms with E-state index >= 15 is 0 Å². The summed E-state index contributed by atoms with van der Waals surface area (Å²) in [5, 5.41) is 3.13. The lowest BCUT2D eigenvalue weighted by Crippen LogP contribution is -2.39. The van der Waals surface area contributed by atoms with Crippen molar-refractivity contribution in [2.75, 3.05) is 20.1 Å². The number of carbonyl (C=O) groups is 1. The lowest BCUT2D eigenvalue weighted by molar-refractivity contribution is -0.138. The van der Waals surface area contributed by atoms with Crippen molar-refractivity contribution >= 4 is 5.91 Å². The van der Waals surface area contributed by atoms with E-state index in [-0.39, 0.29) is 23.9 Å². The van der Waals surface area contributed by atoms with Crippen molar-refractivity contribution in [2.45, 2.75) is 25.1 Å². The summed E-state index contributed by atoms with van der Waals surface area (Å²) in [4.78, 5) is 13.7.